The molecule has 0 spiro atoms. The number of nitrogens with zero attached hydrogens (tertiary/aromatic N) is 2. The molecule has 1 amide bonds. The van der Waals surface area contributed by atoms with Gasteiger partial charge in [0.05, 0.1) is 30.5 Å². The summed E-state index contributed by atoms with van der Waals surface area (Å²) >= 11 is 0. The number of nitrogens with one attached hydrogen (secondary N) is 1. The lowest BCUT2D eigenvalue weighted by Gasteiger charge is -2.24. The van der Waals surface area contributed by atoms with Crippen molar-refractivity contribution in [2.75, 3.05) is 50.6 Å². The molecule has 3 rings (SSSR count). The summed E-state index contributed by atoms with van der Waals surface area (Å²) < 4.78 is 38.3. The first-order valence-electron chi connectivity index (χ1n) is 11.4. The third-order valence-electron chi connectivity index (χ3n) is 5.86. The van der Waals surface area contributed by atoms with Crippen LogP contribution in [-0.2, 0) is 14.8 Å². The van der Waals surface area contributed by atoms with Crippen LogP contribution >= 0.6 is 0 Å². The van der Waals surface area contributed by atoms with Crippen LogP contribution in [0.25, 0.3) is 6.08 Å². The van der Waals surface area contributed by atoms with E-state index in [1.165, 1.54) is 10.4 Å². The first-order valence-corrected chi connectivity index (χ1v) is 12.9. The summed E-state index contributed by atoms with van der Waals surface area (Å²) in [4.78, 5) is 15.2. The molecular formula is C25H33N3O5S. The highest BCUT2D eigenvalue weighted by atomic mass is 32.2. The minimum Gasteiger partial charge on any atom is -0.493 e. The van der Waals surface area contributed by atoms with Gasteiger partial charge in [-0.2, -0.15) is 4.31 Å². The molecule has 9 heteroatoms. The number of benzene rings is 2. The van der Waals surface area contributed by atoms with E-state index in [-0.39, 0.29) is 10.8 Å². The predicted molar refractivity (Wildman–Crippen MR) is 135 cm³/mol. The van der Waals surface area contributed by atoms with E-state index in [2.05, 4.69) is 10.2 Å². The second-order valence-corrected chi connectivity index (χ2v) is 9.81. The molecule has 2 aromatic rings. The summed E-state index contributed by atoms with van der Waals surface area (Å²) in [5.74, 6) is 0.720. The molecule has 1 fully saturated rings. The van der Waals surface area contributed by atoms with Gasteiger partial charge >= 0.3 is 0 Å². The van der Waals surface area contributed by atoms with Crippen molar-refractivity contribution in [1.29, 1.82) is 0 Å². The average Bonchev–Trinajstić information content (AvgIpc) is 3.37. The summed E-state index contributed by atoms with van der Waals surface area (Å²) in [6, 6.07) is 10.4. The maximum absolute atomic E-state index is 13.1. The van der Waals surface area contributed by atoms with Gasteiger partial charge < -0.3 is 19.7 Å². The molecule has 8 nitrogen and oxygen atoms in total. The van der Waals surface area contributed by atoms with Gasteiger partial charge in [0.25, 0.3) is 0 Å². The molecular weight excluding hydrogens is 454 g/mol. The van der Waals surface area contributed by atoms with Crippen LogP contribution in [-0.4, -0.2) is 59.0 Å². The molecule has 1 aliphatic heterocycles. The fourth-order valence-electron chi connectivity index (χ4n) is 4.11. The van der Waals surface area contributed by atoms with Crippen LogP contribution in [0.3, 0.4) is 0 Å². The molecule has 1 N–H and O–H groups in total. The Labute approximate surface area is 202 Å². The van der Waals surface area contributed by atoms with E-state index in [1.807, 2.05) is 12.1 Å². The van der Waals surface area contributed by atoms with Crippen LogP contribution in [0, 0.1) is 0 Å². The first-order chi connectivity index (χ1) is 16.3. The fourth-order valence-corrected chi connectivity index (χ4v) is 5.59. The maximum atomic E-state index is 13.1. The van der Waals surface area contributed by atoms with E-state index >= 15 is 0 Å². The molecule has 1 heterocycles. The Hall–Kier alpha value is -3.04. The van der Waals surface area contributed by atoms with Crippen LogP contribution < -0.4 is 19.7 Å². The largest absolute Gasteiger partial charge is 0.493 e. The number of carbonyl (C=O) groups is 1. The first kappa shape index (κ1) is 25.6. The third kappa shape index (κ3) is 5.53. The quantitative estimate of drug-likeness (QED) is 0.510. The van der Waals surface area contributed by atoms with E-state index in [4.69, 9.17) is 9.47 Å². The number of hydrogen-bond acceptors (Lipinski definition) is 6. The monoisotopic (exact) mass is 487 g/mol. The standard InChI is InChI=1S/C25H33N3O5S/c1-5-28(6-2)34(30,31)20-13-14-22(27-16-7-8-17-27)21(18-20)26-24(29)15-12-19-10-9-11-23(32-3)25(19)33-4/h9-15,18H,5-8,16-17H2,1-4H3,(H,26,29). The highest BCUT2D eigenvalue weighted by Crippen LogP contribution is 2.33. The van der Waals surface area contributed by atoms with Gasteiger partial charge in [-0.05, 0) is 43.2 Å². The van der Waals surface area contributed by atoms with Gasteiger partial charge in [0.1, 0.15) is 0 Å². The summed E-state index contributed by atoms with van der Waals surface area (Å²) in [6.07, 6.45) is 5.16. The highest BCUT2D eigenvalue weighted by Gasteiger charge is 2.24. The maximum Gasteiger partial charge on any atom is 0.248 e. The summed E-state index contributed by atoms with van der Waals surface area (Å²) in [6.45, 7) is 6.09. The molecule has 0 aromatic heterocycles. The average molecular weight is 488 g/mol. The Kier molecular flexibility index (Phi) is 8.57. The van der Waals surface area contributed by atoms with Crippen LogP contribution in [0.5, 0.6) is 11.5 Å². The lowest BCUT2D eigenvalue weighted by Crippen LogP contribution is -2.31. The van der Waals surface area contributed by atoms with Crippen LogP contribution in [0.1, 0.15) is 32.3 Å². The summed E-state index contributed by atoms with van der Waals surface area (Å²) in [7, 11) is -0.563. The molecule has 0 radical (unpaired) electrons. The number of methoxy groups -OCH3 is 2. The van der Waals surface area contributed by atoms with E-state index in [0.717, 1.165) is 31.6 Å². The molecule has 2 aromatic carbocycles. The normalized spacial score (nSPS) is 14.1. The molecule has 184 valence electrons. The molecule has 0 unspecified atom stereocenters. The predicted octanol–water partition coefficient (Wildman–Crippen LogP) is 3.99. The number of hydrogen-bond donors (Lipinski definition) is 1. The molecule has 1 aliphatic rings. The molecule has 0 bridgehead atoms. The Morgan fingerprint density at radius 1 is 1.09 bits per heavy atom. The van der Waals surface area contributed by atoms with Crippen molar-refractivity contribution in [3.05, 3.63) is 48.0 Å². The zero-order chi connectivity index (χ0) is 24.7. The number of carbonyl (C=O) groups excluding carboxylic acids is 1. The highest BCUT2D eigenvalue weighted by molar-refractivity contribution is 7.89. The Bertz CT molecular complexity index is 1140. The van der Waals surface area contributed by atoms with E-state index in [1.54, 1.807) is 58.4 Å². The lowest BCUT2D eigenvalue weighted by molar-refractivity contribution is -0.111. The minimum absolute atomic E-state index is 0.160. The second-order valence-electron chi connectivity index (χ2n) is 7.87. The van der Waals surface area contributed by atoms with Gasteiger partial charge in [-0.25, -0.2) is 8.42 Å². The van der Waals surface area contributed by atoms with Crippen molar-refractivity contribution in [3.8, 4) is 11.5 Å². The molecule has 34 heavy (non-hydrogen) atoms. The zero-order valence-corrected chi connectivity index (χ0v) is 21.0. The number of rotatable bonds is 10. The fraction of sp³-hybridized carbons (Fsp3) is 0.400. The number of amides is 1. The van der Waals surface area contributed by atoms with E-state index in [0.29, 0.717) is 35.8 Å². The number of para-hydroxylation sites is 1. The van der Waals surface area contributed by atoms with Gasteiger partial charge in [-0.3, -0.25) is 4.79 Å². The molecule has 0 aliphatic carbocycles. The van der Waals surface area contributed by atoms with Gasteiger partial charge in [-0.1, -0.05) is 26.0 Å². The van der Waals surface area contributed by atoms with Gasteiger partial charge in [0.2, 0.25) is 15.9 Å². The third-order valence-corrected chi connectivity index (χ3v) is 7.91. The number of ether oxygens (including phenoxy) is 2. The smallest absolute Gasteiger partial charge is 0.248 e. The number of sulfonamides is 1. The lowest BCUT2D eigenvalue weighted by atomic mass is 10.1. The summed E-state index contributed by atoms with van der Waals surface area (Å²) in [5, 5.41) is 2.89. The molecule has 0 saturated carbocycles. The van der Waals surface area contributed by atoms with Crippen molar-refractivity contribution in [1.82, 2.24) is 4.31 Å². The zero-order valence-electron chi connectivity index (χ0n) is 20.2. The second kappa shape index (κ2) is 11.4. The summed E-state index contributed by atoms with van der Waals surface area (Å²) in [5.41, 5.74) is 1.98. The van der Waals surface area contributed by atoms with E-state index in [9.17, 15) is 13.2 Å². The Morgan fingerprint density at radius 2 is 1.79 bits per heavy atom. The van der Waals surface area contributed by atoms with Crippen LogP contribution in [0.2, 0.25) is 0 Å². The van der Waals surface area contributed by atoms with Crippen molar-refractivity contribution in [2.24, 2.45) is 0 Å². The molecule has 0 atom stereocenters. The van der Waals surface area contributed by atoms with Crippen molar-refractivity contribution >= 4 is 33.4 Å². The van der Waals surface area contributed by atoms with Gasteiger partial charge in [-0.15, -0.1) is 0 Å². The van der Waals surface area contributed by atoms with Crippen molar-refractivity contribution in [2.45, 2.75) is 31.6 Å². The molecule has 1 saturated heterocycles. The Morgan fingerprint density at radius 3 is 2.41 bits per heavy atom. The van der Waals surface area contributed by atoms with E-state index < -0.39 is 10.0 Å². The van der Waals surface area contributed by atoms with Crippen LogP contribution in [0.15, 0.2) is 47.4 Å². The van der Waals surface area contributed by atoms with Crippen molar-refractivity contribution < 1.29 is 22.7 Å². The van der Waals surface area contributed by atoms with Crippen LogP contribution in [0.4, 0.5) is 11.4 Å². The van der Waals surface area contributed by atoms with Gasteiger partial charge in [0, 0.05) is 37.8 Å². The topological polar surface area (TPSA) is 88.2 Å². The SMILES string of the molecule is CCN(CC)S(=O)(=O)c1ccc(N2CCCC2)c(NC(=O)C=Cc2cccc(OC)c2OC)c1. The minimum atomic E-state index is -3.66. The Balaban J connectivity index is 1.92. The van der Waals surface area contributed by atoms with Crippen molar-refractivity contribution in [3.63, 3.8) is 0 Å². The number of anilines is 2. The van der Waals surface area contributed by atoms with Gasteiger partial charge in [0.15, 0.2) is 11.5 Å².